The monoisotopic (exact) mass is 523 g/mol. The van der Waals surface area contributed by atoms with Crippen molar-refractivity contribution >= 4 is 17.6 Å². The third-order valence-electron chi connectivity index (χ3n) is 6.66. The van der Waals surface area contributed by atoms with E-state index in [1.807, 2.05) is 54.6 Å². The van der Waals surface area contributed by atoms with E-state index < -0.39 is 17.9 Å². The number of anilines is 1. The fraction of sp³-hybridized carbons (Fsp3) is 0.125. The molecule has 39 heavy (non-hydrogen) atoms. The molecule has 4 aromatic rings. The molecule has 5 nitrogen and oxygen atoms in total. The van der Waals surface area contributed by atoms with Crippen LogP contribution in [0.15, 0.2) is 115 Å². The standard InChI is InChI=1S/C32H27F2N3O2/c33-25-18-16-23(17-19-25)21-37-30(27-12-4-6-13-28(27)34)15-8-20-36(22-31(37)38)32(39)35-29-14-7-5-11-26(29)24-9-2-1-3-10-24/h1-19,30H,20-22H2,(H,35,39)/b15-8-. The van der Waals surface area contributed by atoms with Crippen LogP contribution in [0.1, 0.15) is 17.2 Å². The van der Waals surface area contributed by atoms with Crippen LogP contribution in [0.2, 0.25) is 0 Å². The molecule has 0 bridgehead atoms. The van der Waals surface area contributed by atoms with E-state index in [9.17, 15) is 18.4 Å². The van der Waals surface area contributed by atoms with E-state index in [-0.39, 0.29) is 31.4 Å². The maximum absolute atomic E-state index is 14.8. The summed E-state index contributed by atoms with van der Waals surface area (Å²) >= 11 is 0. The van der Waals surface area contributed by atoms with Gasteiger partial charge in [-0.15, -0.1) is 0 Å². The van der Waals surface area contributed by atoms with Crippen LogP contribution < -0.4 is 5.32 Å². The summed E-state index contributed by atoms with van der Waals surface area (Å²) in [6.07, 6.45) is 3.50. The topological polar surface area (TPSA) is 52.7 Å². The number of hydrogen-bond acceptors (Lipinski definition) is 2. The summed E-state index contributed by atoms with van der Waals surface area (Å²) in [5, 5.41) is 2.95. The van der Waals surface area contributed by atoms with Gasteiger partial charge in [0.2, 0.25) is 5.91 Å². The van der Waals surface area contributed by atoms with Gasteiger partial charge in [-0.3, -0.25) is 4.79 Å². The van der Waals surface area contributed by atoms with Crippen LogP contribution in [0.5, 0.6) is 0 Å². The van der Waals surface area contributed by atoms with Crippen LogP contribution in [-0.4, -0.2) is 34.8 Å². The molecule has 0 radical (unpaired) electrons. The molecule has 5 rings (SSSR count). The predicted octanol–water partition coefficient (Wildman–Crippen LogP) is 6.81. The summed E-state index contributed by atoms with van der Waals surface area (Å²) < 4.78 is 28.3. The zero-order valence-electron chi connectivity index (χ0n) is 21.1. The van der Waals surface area contributed by atoms with Crippen molar-refractivity contribution in [2.45, 2.75) is 12.6 Å². The quantitative estimate of drug-likeness (QED) is 0.292. The molecule has 7 heteroatoms. The molecule has 1 heterocycles. The van der Waals surface area contributed by atoms with Crippen LogP contribution in [0.4, 0.5) is 19.3 Å². The zero-order valence-corrected chi connectivity index (χ0v) is 21.1. The second kappa shape index (κ2) is 11.7. The van der Waals surface area contributed by atoms with Gasteiger partial charge in [-0.05, 0) is 35.4 Å². The molecule has 1 unspecified atom stereocenters. The van der Waals surface area contributed by atoms with Crippen molar-refractivity contribution in [1.82, 2.24) is 9.80 Å². The predicted molar refractivity (Wildman–Crippen MR) is 148 cm³/mol. The van der Waals surface area contributed by atoms with Crippen molar-refractivity contribution in [3.8, 4) is 11.1 Å². The van der Waals surface area contributed by atoms with Crippen molar-refractivity contribution in [2.24, 2.45) is 0 Å². The van der Waals surface area contributed by atoms with Crippen LogP contribution >= 0.6 is 0 Å². The Kier molecular flexibility index (Phi) is 7.78. The number of hydrogen-bond donors (Lipinski definition) is 1. The lowest BCUT2D eigenvalue weighted by Gasteiger charge is -2.34. The molecule has 1 atom stereocenters. The molecule has 0 aliphatic carbocycles. The summed E-state index contributed by atoms with van der Waals surface area (Å²) in [4.78, 5) is 30.0. The number of benzene rings is 4. The first-order chi connectivity index (χ1) is 19.0. The second-order valence-corrected chi connectivity index (χ2v) is 9.26. The molecule has 1 aliphatic rings. The number of nitrogens with zero attached hydrogens (tertiary/aromatic N) is 2. The number of urea groups is 1. The Bertz CT molecular complexity index is 1490. The Morgan fingerprint density at radius 2 is 1.54 bits per heavy atom. The first-order valence-corrected chi connectivity index (χ1v) is 12.6. The van der Waals surface area contributed by atoms with Gasteiger partial charge in [0.1, 0.15) is 18.2 Å². The fourth-order valence-electron chi connectivity index (χ4n) is 4.66. The molecule has 0 saturated heterocycles. The minimum Gasteiger partial charge on any atom is -0.326 e. The minimum absolute atomic E-state index is 0.120. The van der Waals surface area contributed by atoms with E-state index in [1.54, 1.807) is 42.5 Å². The average Bonchev–Trinajstić information content (AvgIpc) is 2.95. The largest absolute Gasteiger partial charge is 0.326 e. The van der Waals surface area contributed by atoms with Crippen LogP contribution in [0.25, 0.3) is 11.1 Å². The third-order valence-corrected chi connectivity index (χ3v) is 6.66. The van der Waals surface area contributed by atoms with Gasteiger partial charge in [0, 0.05) is 24.2 Å². The van der Waals surface area contributed by atoms with Crippen molar-refractivity contribution in [3.63, 3.8) is 0 Å². The molecular weight excluding hydrogens is 496 g/mol. The van der Waals surface area contributed by atoms with E-state index in [0.29, 0.717) is 16.8 Å². The van der Waals surface area contributed by atoms with Gasteiger partial charge in [-0.25, -0.2) is 13.6 Å². The fourth-order valence-corrected chi connectivity index (χ4v) is 4.66. The summed E-state index contributed by atoms with van der Waals surface area (Å²) in [7, 11) is 0. The van der Waals surface area contributed by atoms with Gasteiger partial charge >= 0.3 is 6.03 Å². The van der Waals surface area contributed by atoms with Crippen molar-refractivity contribution in [2.75, 3.05) is 18.4 Å². The van der Waals surface area contributed by atoms with E-state index >= 15 is 0 Å². The molecule has 1 N–H and O–H groups in total. The third kappa shape index (κ3) is 6.04. The summed E-state index contributed by atoms with van der Waals surface area (Å²) in [6.45, 7) is 0.0744. The lowest BCUT2D eigenvalue weighted by Crippen LogP contribution is -2.46. The Morgan fingerprint density at radius 3 is 2.31 bits per heavy atom. The van der Waals surface area contributed by atoms with Gasteiger partial charge in [0.25, 0.3) is 0 Å². The Hall–Kier alpha value is -4.78. The van der Waals surface area contributed by atoms with Crippen molar-refractivity contribution in [3.05, 3.63) is 138 Å². The SMILES string of the molecule is O=C(Nc1ccccc1-c1ccccc1)N1C/C=C\C(c2ccccc2F)N(Cc2ccc(F)cc2)C(=O)C1. The highest BCUT2D eigenvalue weighted by molar-refractivity contribution is 5.96. The first-order valence-electron chi connectivity index (χ1n) is 12.6. The highest BCUT2D eigenvalue weighted by Gasteiger charge is 2.30. The molecule has 196 valence electrons. The molecular formula is C32H27F2N3O2. The first kappa shape index (κ1) is 25.9. The average molecular weight is 524 g/mol. The number of nitrogens with one attached hydrogen (secondary N) is 1. The number of halogens is 2. The Morgan fingerprint density at radius 1 is 0.846 bits per heavy atom. The molecule has 1 aliphatic heterocycles. The smallest absolute Gasteiger partial charge is 0.322 e. The number of carbonyl (C=O) groups excluding carboxylic acids is 2. The summed E-state index contributed by atoms with van der Waals surface area (Å²) in [5.74, 6) is -1.18. The number of carbonyl (C=O) groups is 2. The normalized spacial score (nSPS) is 16.4. The summed E-state index contributed by atoms with van der Waals surface area (Å²) in [5.41, 5.74) is 3.47. The number of rotatable bonds is 5. The van der Waals surface area contributed by atoms with E-state index in [2.05, 4.69) is 5.32 Å². The van der Waals surface area contributed by atoms with Crippen molar-refractivity contribution < 1.29 is 18.4 Å². The Labute approximate surface area is 226 Å². The van der Waals surface area contributed by atoms with Crippen LogP contribution in [-0.2, 0) is 11.3 Å². The van der Waals surface area contributed by atoms with E-state index in [4.69, 9.17) is 0 Å². The van der Waals surface area contributed by atoms with E-state index in [0.717, 1.165) is 11.1 Å². The minimum atomic E-state index is -0.687. The van der Waals surface area contributed by atoms with Gasteiger partial charge in [0.05, 0.1) is 11.7 Å². The highest BCUT2D eigenvalue weighted by Crippen LogP contribution is 2.30. The van der Waals surface area contributed by atoms with Crippen LogP contribution in [0.3, 0.4) is 0 Å². The van der Waals surface area contributed by atoms with Gasteiger partial charge < -0.3 is 15.1 Å². The number of para-hydroxylation sites is 1. The zero-order chi connectivity index (χ0) is 27.2. The molecule has 0 fully saturated rings. The van der Waals surface area contributed by atoms with Gasteiger partial charge in [0.15, 0.2) is 0 Å². The molecule has 0 spiro atoms. The molecule has 3 amide bonds. The lowest BCUT2D eigenvalue weighted by atomic mass is 10.0. The van der Waals surface area contributed by atoms with E-state index in [1.165, 1.54) is 28.0 Å². The maximum Gasteiger partial charge on any atom is 0.322 e. The van der Waals surface area contributed by atoms with Gasteiger partial charge in [-0.2, -0.15) is 0 Å². The lowest BCUT2D eigenvalue weighted by molar-refractivity contribution is -0.134. The molecule has 4 aromatic carbocycles. The Balaban J connectivity index is 1.42. The molecule has 0 saturated carbocycles. The van der Waals surface area contributed by atoms with Gasteiger partial charge in [-0.1, -0.05) is 91.0 Å². The van der Waals surface area contributed by atoms with Crippen molar-refractivity contribution in [1.29, 1.82) is 0 Å². The highest BCUT2D eigenvalue weighted by atomic mass is 19.1. The van der Waals surface area contributed by atoms with Crippen LogP contribution in [0, 0.1) is 11.6 Å². The maximum atomic E-state index is 14.8. The second-order valence-electron chi connectivity index (χ2n) is 9.26. The number of amides is 3. The molecule has 0 aromatic heterocycles. The summed E-state index contributed by atoms with van der Waals surface area (Å²) in [6, 6.07) is 28.2.